The summed E-state index contributed by atoms with van der Waals surface area (Å²) in [6.45, 7) is 0.640. The molecule has 0 spiro atoms. The molecule has 7 rings (SSSR count). The predicted molar refractivity (Wildman–Crippen MR) is 165 cm³/mol. The van der Waals surface area contributed by atoms with Crippen LogP contribution in [0.15, 0.2) is 79.3 Å². The van der Waals surface area contributed by atoms with Gasteiger partial charge in [0.1, 0.15) is 24.2 Å². The molecule has 14 heteroatoms. The average molecular weight is 645 g/mol. The first kappa shape index (κ1) is 30.3. The Labute approximate surface area is 265 Å². The number of rotatable bonds is 7. The summed E-state index contributed by atoms with van der Waals surface area (Å²) < 4.78 is 62.6. The minimum atomic E-state index is -4.76. The van der Waals surface area contributed by atoms with Crippen LogP contribution in [0.1, 0.15) is 23.3 Å². The van der Waals surface area contributed by atoms with Gasteiger partial charge in [0.15, 0.2) is 0 Å². The van der Waals surface area contributed by atoms with Crippen LogP contribution >= 0.6 is 0 Å². The van der Waals surface area contributed by atoms with E-state index in [1.54, 1.807) is 24.5 Å². The number of nitrogens with one attached hydrogen (secondary N) is 1. The Hall–Kier alpha value is -5.37. The maximum atomic E-state index is 14.1. The van der Waals surface area contributed by atoms with Crippen LogP contribution < -0.4 is 4.74 Å². The molecule has 240 valence electrons. The Bertz CT molecular complexity index is 2090. The van der Waals surface area contributed by atoms with E-state index in [1.165, 1.54) is 30.2 Å². The number of carbonyl (C=O) groups excluding carboxylic acids is 1. The van der Waals surface area contributed by atoms with Gasteiger partial charge in [-0.1, -0.05) is 30.3 Å². The summed E-state index contributed by atoms with van der Waals surface area (Å²) in [6, 6.07) is 16.4. The fourth-order valence-corrected chi connectivity index (χ4v) is 6.08. The first-order valence-electron chi connectivity index (χ1n) is 14.8. The molecule has 1 saturated heterocycles. The number of benzene rings is 2. The molecule has 1 aliphatic heterocycles. The molecule has 1 unspecified atom stereocenters. The Morgan fingerprint density at radius 3 is 2.57 bits per heavy atom. The Balaban J connectivity index is 1.24. The van der Waals surface area contributed by atoms with E-state index in [4.69, 9.17) is 4.74 Å². The largest absolute Gasteiger partial charge is 0.480 e. The van der Waals surface area contributed by atoms with Crippen molar-refractivity contribution in [3.63, 3.8) is 0 Å². The van der Waals surface area contributed by atoms with Gasteiger partial charge in [0.2, 0.25) is 17.6 Å². The zero-order valence-corrected chi connectivity index (χ0v) is 25.1. The van der Waals surface area contributed by atoms with E-state index >= 15 is 0 Å². The summed E-state index contributed by atoms with van der Waals surface area (Å²) >= 11 is 0. The number of pyridine rings is 2. The quantitative estimate of drug-likeness (QED) is 0.225. The molecule has 0 radical (unpaired) electrons. The first-order chi connectivity index (χ1) is 22.7. The molecule has 1 aliphatic rings. The van der Waals surface area contributed by atoms with Crippen LogP contribution in [0, 0.1) is 5.82 Å². The van der Waals surface area contributed by atoms with Crippen LogP contribution in [0.3, 0.4) is 0 Å². The minimum Gasteiger partial charge on any atom is -0.480 e. The summed E-state index contributed by atoms with van der Waals surface area (Å²) in [7, 11) is 1.52. The van der Waals surface area contributed by atoms with Crippen LogP contribution in [0.25, 0.3) is 33.2 Å². The number of amides is 1. The van der Waals surface area contributed by atoms with Gasteiger partial charge >= 0.3 is 6.18 Å². The number of methoxy groups -OCH3 is 1. The van der Waals surface area contributed by atoms with Crippen molar-refractivity contribution in [3.05, 3.63) is 102 Å². The van der Waals surface area contributed by atoms with Gasteiger partial charge in [-0.2, -0.15) is 13.2 Å². The summed E-state index contributed by atoms with van der Waals surface area (Å²) in [6.07, 6.45) is -0.452. The Kier molecular flexibility index (Phi) is 7.80. The summed E-state index contributed by atoms with van der Waals surface area (Å²) in [5.74, 6) is -1.33. The third-order valence-corrected chi connectivity index (χ3v) is 8.24. The predicted octanol–water partition coefficient (Wildman–Crippen LogP) is 5.62. The third kappa shape index (κ3) is 5.99. The number of hydrogen-bond acceptors (Lipinski definition) is 7. The molecule has 4 aromatic heterocycles. The van der Waals surface area contributed by atoms with Crippen LogP contribution in [0.2, 0.25) is 0 Å². The number of para-hydroxylation sites is 3. The van der Waals surface area contributed by atoms with E-state index in [9.17, 15) is 22.4 Å². The molecule has 0 bridgehead atoms. The molecule has 6 aromatic rings. The van der Waals surface area contributed by atoms with Crippen molar-refractivity contribution in [1.29, 1.82) is 0 Å². The lowest BCUT2D eigenvalue weighted by Crippen LogP contribution is -2.51. The molecule has 1 N–H and O–H groups in total. The number of fused-ring (bicyclic) bond motifs is 2. The number of aromatic nitrogens is 6. The molecular formula is C33H28F4N8O2. The van der Waals surface area contributed by atoms with E-state index in [1.807, 2.05) is 35.2 Å². The zero-order valence-electron chi connectivity index (χ0n) is 25.1. The summed E-state index contributed by atoms with van der Waals surface area (Å²) in [4.78, 5) is 37.8. The molecule has 10 nitrogen and oxygen atoms in total. The number of carbonyl (C=O) groups is 1. The van der Waals surface area contributed by atoms with E-state index < -0.39 is 36.3 Å². The van der Waals surface area contributed by atoms with Gasteiger partial charge in [-0.25, -0.2) is 19.3 Å². The molecule has 2 aromatic carbocycles. The first-order valence-corrected chi connectivity index (χ1v) is 14.8. The number of nitrogens with zero attached hydrogens (tertiary/aromatic N) is 7. The van der Waals surface area contributed by atoms with Gasteiger partial charge in [-0.15, -0.1) is 0 Å². The fraction of sp³-hybridized carbons (Fsp3) is 0.242. The molecular weight excluding hydrogens is 616 g/mol. The normalized spacial score (nSPS) is 15.9. The molecule has 0 aliphatic carbocycles. The van der Waals surface area contributed by atoms with Gasteiger partial charge in [0.05, 0.1) is 47.3 Å². The van der Waals surface area contributed by atoms with Crippen molar-refractivity contribution in [1.82, 2.24) is 39.3 Å². The lowest BCUT2D eigenvalue weighted by Gasteiger charge is -2.40. The number of imidazole rings is 2. The third-order valence-electron chi connectivity index (χ3n) is 8.24. The number of aromatic amines is 1. The molecule has 0 saturated carbocycles. The maximum Gasteiger partial charge on any atom is 0.449 e. The maximum absolute atomic E-state index is 14.1. The highest BCUT2D eigenvalue weighted by Crippen LogP contribution is 2.34. The van der Waals surface area contributed by atoms with Gasteiger partial charge in [-0.3, -0.25) is 14.7 Å². The molecule has 1 atom stereocenters. The Morgan fingerprint density at radius 2 is 1.79 bits per heavy atom. The Morgan fingerprint density at radius 1 is 1.00 bits per heavy atom. The lowest BCUT2D eigenvalue weighted by atomic mass is 10.1. The van der Waals surface area contributed by atoms with Gasteiger partial charge in [-0.05, 0) is 35.9 Å². The van der Waals surface area contributed by atoms with E-state index in [-0.39, 0.29) is 24.1 Å². The van der Waals surface area contributed by atoms with Crippen LogP contribution in [-0.4, -0.2) is 71.9 Å². The molecule has 1 amide bonds. The molecule has 5 heterocycles. The average Bonchev–Trinajstić information content (AvgIpc) is 3.70. The van der Waals surface area contributed by atoms with Crippen molar-refractivity contribution in [3.8, 4) is 17.1 Å². The number of ether oxygens (including phenoxy) is 1. The number of piperazine rings is 1. The van der Waals surface area contributed by atoms with Crippen molar-refractivity contribution in [2.45, 2.75) is 25.3 Å². The molecule has 47 heavy (non-hydrogen) atoms. The van der Waals surface area contributed by atoms with Crippen LogP contribution in [-0.2, 0) is 24.1 Å². The second-order valence-electron chi connectivity index (χ2n) is 11.3. The van der Waals surface area contributed by atoms with Gasteiger partial charge in [0, 0.05) is 37.8 Å². The monoisotopic (exact) mass is 644 g/mol. The minimum absolute atomic E-state index is 0.145. The number of alkyl halides is 3. The van der Waals surface area contributed by atoms with E-state index in [2.05, 4.69) is 24.9 Å². The van der Waals surface area contributed by atoms with Crippen molar-refractivity contribution >= 4 is 27.8 Å². The van der Waals surface area contributed by atoms with Crippen molar-refractivity contribution in [2.75, 3.05) is 26.7 Å². The summed E-state index contributed by atoms with van der Waals surface area (Å²) in [5.41, 5.74) is 3.00. The van der Waals surface area contributed by atoms with Crippen LogP contribution in [0.5, 0.6) is 5.88 Å². The summed E-state index contributed by atoms with van der Waals surface area (Å²) in [5, 5.41) is 0.886. The SMILES string of the molecule is COc1nc2ccccc2cc1-c1cnc(C2CN(Cc3cncc(F)c3)CCN2C(=O)Cn2c(C(F)(F)F)nc3ccccc32)[nH]1. The second-order valence-corrected chi connectivity index (χ2v) is 11.3. The highest BCUT2D eigenvalue weighted by atomic mass is 19.4. The van der Waals surface area contributed by atoms with E-state index in [0.29, 0.717) is 41.6 Å². The van der Waals surface area contributed by atoms with Gasteiger partial charge in [0.25, 0.3) is 0 Å². The lowest BCUT2D eigenvalue weighted by molar-refractivity contribution is -0.148. The number of hydrogen-bond donors (Lipinski definition) is 1. The highest BCUT2D eigenvalue weighted by Gasteiger charge is 2.40. The van der Waals surface area contributed by atoms with E-state index in [0.717, 1.165) is 21.7 Å². The number of H-pyrrole nitrogens is 1. The molecule has 1 fully saturated rings. The highest BCUT2D eigenvalue weighted by molar-refractivity contribution is 5.85. The van der Waals surface area contributed by atoms with Crippen molar-refractivity contribution < 1.29 is 27.1 Å². The topological polar surface area (TPSA) is 105 Å². The second kappa shape index (κ2) is 12.1. The fourth-order valence-electron chi connectivity index (χ4n) is 6.08. The number of halogens is 4. The van der Waals surface area contributed by atoms with Crippen molar-refractivity contribution in [2.24, 2.45) is 0 Å². The smallest absolute Gasteiger partial charge is 0.449 e. The van der Waals surface area contributed by atoms with Crippen LogP contribution in [0.4, 0.5) is 17.6 Å². The standard InChI is InChI=1S/C33H28F4N8O2/c1-47-31-23(13-21-6-2-3-7-24(21)41-31)26-16-39-30(40-26)28-18-43(17-20-12-22(34)15-38-14-20)10-11-44(28)29(46)19-45-27-9-5-4-8-25(27)42-32(45)33(35,36)37/h2-9,12-16,28H,10-11,17-19H2,1H3,(H,39,40). The van der Waals surface area contributed by atoms with Gasteiger partial charge < -0.3 is 19.2 Å². The zero-order chi connectivity index (χ0) is 32.7.